The highest BCUT2D eigenvalue weighted by molar-refractivity contribution is 5.90. The largest absolute Gasteiger partial charge is 0.478 e. The predicted molar refractivity (Wildman–Crippen MR) is 59.8 cm³/mol. The minimum absolute atomic E-state index is 0.449. The van der Waals surface area contributed by atoms with Crippen molar-refractivity contribution in [2.45, 2.75) is 44.4 Å². The molecule has 16 heavy (non-hydrogen) atoms. The smallest absolute Gasteiger partial charge is 0.337 e. The fraction of sp³-hybridized carbons (Fsp3) is 0.538. The first-order valence-corrected chi connectivity index (χ1v) is 6.01. The third-order valence-electron chi connectivity index (χ3n) is 3.90. The maximum atomic E-state index is 11.2. The van der Waals surface area contributed by atoms with E-state index in [2.05, 4.69) is 4.98 Å². The Kier molecular flexibility index (Phi) is 2.20. The van der Waals surface area contributed by atoms with Crippen molar-refractivity contribution in [3.63, 3.8) is 0 Å². The molecule has 84 valence electrons. The fourth-order valence-corrected chi connectivity index (χ4v) is 2.87. The van der Waals surface area contributed by atoms with E-state index < -0.39 is 5.97 Å². The Bertz CT molecular complexity index is 449. The summed E-state index contributed by atoms with van der Waals surface area (Å²) in [6, 6.07) is 0. The van der Waals surface area contributed by atoms with Crippen LogP contribution < -0.4 is 0 Å². The second-order valence-electron chi connectivity index (χ2n) is 4.80. The molecule has 0 spiro atoms. The lowest BCUT2D eigenvalue weighted by Crippen LogP contribution is -2.17. The average Bonchev–Trinajstić information content (AvgIpc) is 2.62. The molecule has 2 aliphatic carbocycles. The lowest BCUT2D eigenvalue weighted by molar-refractivity contribution is 0.0693. The molecular weight excluding hydrogens is 202 g/mol. The number of nitrogens with zero attached hydrogens (tertiary/aromatic N) is 1. The van der Waals surface area contributed by atoms with Crippen LogP contribution in [0.4, 0.5) is 0 Å². The maximum absolute atomic E-state index is 11.2. The van der Waals surface area contributed by atoms with Gasteiger partial charge in [0, 0.05) is 11.9 Å². The molecule has 2 aliphatic rings. The molecule has 1 heterocycles. The lowest BCUT2D eigenvalue weighted by atomic mass is 9.76. The number of pyridine rings is 1. The number of carboxylic acids is 1. The van der Waals surface area contributed by atoms with Gasteiger partial charge in [-0.05, 0) is 49.1 Å². The number of rotatable bonds is 2. The monoisotopic (exact) mass is 217 g/mol. The summed E-state index contributed by atoms with van der Waals surface area (Å²) in [5.41, 5.74) is 3.96. The van der Waals surface area contributed by atoms with E-state index in [-0.39, 0.29) is 0 Å². The van der Waals surface area contributed by atoms with Crippen molar-refractivity contribution in [3.8, 4) is 0 Å². The van der Waals surface area contributed by atoms with Crippen molar-refractivity contribution in [1.29, 1.82) is 0 Å². The van der Waals surface area contributed by atoms with Crippen LogP contribution in [0.25, 0.3) is 0 Å². The first-order chi connectivity index (χ1) is 7.77. The summed E-state index contributed by atoms with van der Waals surface area (Å²) in [4.78, 5) is 15.5. The Labute approximate surface area is 94.5 Å². The highest BCUT2D eigenvalue weighted by atomic mass is 16.4. The molecular formula is C13H15NO2. The van der Waals surface area contributed by atoms with Crippen LogP contribution in [0, 0.1) is 0 Å². The van der Waals surface area contributed by atoms with Crippen LogP contribution in [0.3, 0.4) is 0 Å². The normalized spacial score (nSPS) is 19.2. The molecule has 3 heteroatoms. The van der Waals surface area contributed by atoms with Crippen LogP contribution in [-0.2, 0) is 12.8 Å². The topological polar surface area (TPSA) is 50.2 Å². The first kappa shape index (κ1) is 9.82. The van der Waals surface area contributed by atoms with Crippen molar-refractivity contribution in [2.75, 3.05) is 0 Å². The molecule has 1 aromatic rings. The van der Waals surface area contributed by atoms with Gasteiger partial charge in [0.15, 0.2) is 0 Å². The van der Waals surface area contributed by atoms with Gasteiger partial charge in [-0.15, -0.1) is 0 Å². The van der Waals surface area contributed by atoms with Crippen LogP contribution in [0.1, 0.15) is 58.8 Å². The van der Waals surface area contributed by atoms with E-state index in [1.165, 1.54) is 12.0 Å². The molecule has 0 aliphatic heterocycles. The Morgan fingerprint density at radius 3 is 2.75 bits per heavy atom. The highest BCUT2D eigenvalue weighted by Crippen LogP contribution is 2.42. The van der Waals surface area contributed by atoms with E-state index in [0.29, 0.717) is 11.5 Å². The Morgan fingerprint density at radius 2 is 2.12 bits per heavy atom. The second-order valence-corrected chi connectivity index (χ2v) is 4.80. The van der Waals surface area contributed by atoms with Crippen LogP contribution in [-0.4, -0.2) is 16.1 Å². The number of carboxylic acid groups (broad SMARTS) is 1. The number of aryl methyl sites for hydroxylation is 1. The van der Waals surface area contributed by atoms with Crippen LogP contribution in [0.2, 0.25) is 0 Å². The van der Waals surface area contributed by atoms with Gasteiger partial charge in [0.2, 0.25) is 0 Å². The number of aromatic nitrogens is 1. The van der Waals surface area contributed by atoms with E-state index in [1.807, 2.05) is 0 Å². The molecule has 3 rings (SSSR count). The molecule has 0 aromatic carbocycles. The SMILES string of the molecule is O=C(O)c1cnc2c(c1C1CCC1)CCC2. The molecule has 1 fully saturated rings. The zero-order chi connectivity index (χ0) is 11.1. The molecule has 0 bridgehead atoms. The number of hydrogen-bond acceptors (Lipinski definition) is 2. The summed E-state index contributed by atoms with van der Waals surface area (Å²) in [6.45, 7) is 0. The van der Waals surface area contributed by atoms with Gasteiger partial charge in [-0.1, -0.05) is 6.42 Å². The fourth-order valence-electron chi connectivity index (χ4n) is 2.87. The molecule has 3 nitrogen and oxygen atoms in total. The first-order valence-electron chi connectivity index (χ1n) is 6.01. The van der Waals surface area contributed by atoms with E-state index in [9.17, 15) is 9.90 Å². The molecule has 0 amide bonds. The number of carbonyl (C=O) groups is 1. The molecule has 1 N–H and O–H groups in total. The van der Waals surface area contributed by atoms with Crippen LogP contribution >= 0.6 is 0 Å². The van der Waals surface area contributed by atoms with Gasteiger partial charge in [0.1, 0.15) is 0 Å². The average molecular weight is 217 g/mol. The standard InChI is InChI=1S/C13H15NO2/c15-13(16)10-7-14-11-6-2-5-9(11)12(10)8-3-1-4-8/h7-8H,1-6H2,(H,15,16). The summed E-state index contributed by atoms with van der Waals surface area (Å²) in [5, 5.41) is 9.23. The van der Waals surface area contributed by atoms with Gasteiger partial charge in [0.05, 0.1) is 5.56 Å². The Hall–Kier alpha value is -1.38. The van der Waals surface area contributed by atoms with E-state index in [1.54, 1.807) is 6.20 Å². The van der Waals surface area contributed by atoms with Gasteiger partial charge in [0.25, 0.3) is 0 Å². The third-order valence-corrected chi connectivity index (χ3v) is 3.90. The molecule has 0 radical (unpaired) electrons. The van der Waals surface area contributed by atoms with Gasteiger partial charge in [-0.3, -0.25) is 4.98 Å². The maximum Gasteiger partial charge on any atom is 0.337 e. The van der Waals surface area contributed by atoms with Gasteiger partial charge >= 0.3 is 5.97 Å². The Morgan fingerprint density at radius 1 is 1.31 bits per heavy atom. The van der Waals surface area contributed by atoms with Crippen molar-refractivity contribution in [3.05, 3.63) is 28.6 Å². The summed E-state index contributed by atoms with van der Waals surface area (Å²) in [5.74, 6) is -0.329. The number of hydrogen-bond donors (Lipinski definition) is 1. The zero-order valence-electron chi connectivity index (χ0n) is 9.20. The summed E-state index contributed by atoms with van der Waals surface area (Å²) >= 11 is 0. The predicted octanol–water partition coefficient (Wildman–Crippen LogP) is 2.54. The quantitative estimate of drug-likeness (QED) is 0.828. The van der Waals surface area contributed by atoms with Gasteiger partial charge < -0.3 is 5.11 Å². The Balaban J connectivity index is 2.15. The molecule has 1 aromatic heterocycles. The van der Waals surface area contributed by atoms with Gasteiger partial charge in [-0.25, -0.2) is 4.79 Å². The van der Waals surface area contributed by atoms with E-state index in [4.69, 9.17) is 0 Å². The van der Waals surface area contributed by atoms with Crippen molar-refractivity contribution in [2.24, 2.45) is 0 Å². The highest BCUT2D eigenvalue weighted by Gasteiger charge is 2.30. The van der Waals surface area contributed by atoms with Crippen LogP contribution in [0.15, 0.2) is 6.20 Å². The zero-order valence-corrected chi connectivity index (χ0v) is 9.20. The minimum Gasteiger partial charge on any atom is -0.478 e. The summed E-state index contributed by atoms with van der Waals surface area (Å²) < 4.78 is 0. The number of aromatic carboxylic acids is 1. The molecule has 1 saturated carbocycles. The van der Waals surface area contributed by atoms with Gasteiger partial charge in [-0.2, -0.15) is 0 Å². The van der Waals surface area contributed by atoms with Crippen molar-refractivity contribution < 1.29 is 9.90 Å². The second kappa shape index (κ2) is 3.58. The number of fused-ring (bicyclic) bond motifs is 1. The third kappa shape index (κ3) is 1.34. The van der Waals surface area contributed by atoms with Crippen molar-refractivity contribution in [1.82, 2.24) is 4.98 Å². The molecule has 0 saturated heterocycles. The molecule has 0 unspecified atom stereocenters. The van der Waals surface area contributed by atoms with E-state index >= 15 is 0 Å². The van der Waals surface area contributed by atoms with Crippen LogP contribution in [0.5, 0.6) is 0 Å². The van der Waals surface area contributed by atoms with E-state index in [0.717, 1.165) is 43.4 Å². The molecule has 0 atom stereocenters. The minimum atomic E-state index is -0.816. The summed E-state index contributed by atoms with van der Waals surface area (Å²) in [6.07, 6.45) is 8.28. The lowest BCUT2D eigenvalue weighted by Gasteiger charge is -2.29. The van der Waals surface area contributed by atoms with Crippen molar-refractivity contribution >= 4 is 5.97 Å². The summed E-state index contributed by atoms with van der Waals surface area (Å²) in [7, 11) is 0.